The molecule has 1 amide bonds. The third kappa shape index (κ3) is 6.74. The van der Waals surface area contributed by atoms with Gasteiger partial charge in [-0.15, -0.1) is 0 Å². The molecule has 9 heteroatoms. The molecule has 0 aliphatic carbocycles. The number of carbonyl (C=O) groups excluding carboxylic acids is 3. The molecule has 0 aliphatic heterocycles. The van der Waals surface area contributed by atoms with Gasteiger partial charge in [-0.3, -0.25) is 4.79 Å². The molecule has 0 fully saturated rings. The second-order valence-electron chi connectivity index (χ2n) is 7.42. The van der Waals surface area contributed by atoms with Crippen molar-refractivity contribution in [2.24, 2.45) is 0 Å². The van der Waals surface area contributed by atoms with E-state index in [4.69, 9.17) is 18.9 Å². The molecule has 0 saturated carbocycles. The number of para-hydroxylation sites is 1. The first kappa shape index (κ1) is 26.5. The summed E-state index contributed by atoms with van der Waals surface area (Å²) in [6.45, 7) is 2.06. The summed E-state index contributed by atoms with van der Waals surface area (Å²) >= 11 is 0. The maximum atomic E-state index is 12.8. The van der Waals surface area contributed by atoms with Gasteiger partial charge in [-0.25, -0.2) is 9.59 Å². The predicted octanol–water partition coefficient (Wildman–Crippen LogP) is 4.65. The molecular weight excluding hydrogens is 476 g/mol. The zero-order valence-corrected chi connectivity index (χ0v) is 20.4. The first-order valence-corrected chi connectivity index (χ1v) is 11.1. The number of amides is 1. The van der Waals surface area contributed by atoms with E-state index in [1.807, 2.05) is 6.07 Å². The zero-order valence-electron chi connectivity index (χ0n) is 20.4. The number of nitriles is 1. The van der Waals surface area contributed by atoms with Crippen LogP contribution in [-0.2, 0) is 9.53 Å². The van der Waals surface area contributed by atoms with E-state index in [0.717, 1.165) is 0 Å². The van der Waals surface area contributed by atoms with Crippen LogP contribution in [0.5, 0.6) is 17.2 Å². The number of nitrogens with zero attached hydrogens (tertiary/aromatic N) is 1. The Balaban J connectivity index is 1.83. The average molecular weight is 501 g/mol. The van der Waals surface area contributed by atoms with Crippen LogP contribution < -0.4 is 19.5 Å². The number of methoxy groups -OCH3 is 2. The third-order valence-corrected chi connectivity index (χ3v) is 5.05. The summed E-state index contributed by atoms with van der Waals surface area (Å²) in [4.78, 5) is 37.3. The summed E-state index contributed by atoms with van der Waals surface area (Å²) in [7, 11) is 2.76. The maximum absolute atomic E-state index is 12.8. The fourth-order valence-corrected chi connectivity index (χ4v) is 3.24. The topological polar surface area (TPSA) is 124 Å². The molecule has 0 radical (unpaired) electrons. The van der Waals surface area contributed by atoms with Crippen molar-refractivity contribution in [1.82, 2.24) is 0 Å². The fraction of sp³-hybridized carbons (Fsp3) is 0.143. The summed E-state index contributed by atoms with van der Waals surface area (Å²) in [5.41, 5.74) is 0.919. The molecule has 0 atom stereocenters. The molecule has 0 aliphatic rings. The van der Waals surface area contributed by atoms with E-state index in [1.54, 1.807) is 55.5 Å². The second-order valence-corrected chi connectivity index (χ2v) is 7.42. The lowest BCUT2D eigenvalue weighted by molar-refractivity contribution is -0.112. The van der Waals surface area contributed by atoms with Crippen molar-refractivity contribution in [3.63, 3.8) is 0 Å². The molecule has 3 rings (SSSR count). The lowest BCUT2D eigenvalue weighted by Crippen LogP contribution is -2.16. The van der Waals surface area contributed by atoms with E-state index < -0.39 is 17.8 Å². The molecule has 0 heterocycles. The summed E-state index contributed by atoms with van der Waals surface area (Å²) in [6.07, 6.45) is 1.35. The molecule has 0 aromatic heterocycles. The minimum atomic E-state index is -0.716. The van der Waals surface area contributed by atoms with Crippen molar-refractivity contribution in [2.45, 2.75) is 6.92 Å². The van der Waals surface area contributed by atoms with Crippen LogP contribution in [0.1, 0.15) is 33.2 Å². The Bertz CT molecular complexity index is 1370. The van der Waals surface area contributed by atoms with Gasteiger partial charge in [0.25, 0.3) is 5.91 Å². The monoisotopic (exact) mass is 500 g/mol. The average Bonchev–Trinajstić information content (AvgIpc) is 2.92. The van der Waals surface area contributed by atoms with Gasteiger partial charge >= 0.3 is 11.9 Å². The molecular formula is C28H24N2O7. The van der Waals surface area contributed by atoms with Gasteiger partial charge in [0.1, 0.15) is 17.4 Å². The zero-order chi connectivity index (χ0) is 26.8. The number of nitrogens with one attached hydrogen (secondary N) is 1. The quantitative estimate of drug-likeness (QED) is 0.195. The highest BCUT2D eigenvalue weighted by atomic mass is 16.6. The van der Waals surface area contributed by atoms with E-state index in [0.29, 0.717) is 16.9 Å². The lowest BCUT2D eigenvalue weighted by atomic mass is 10.1. The lowest BCUT2D eigenvalue weighted by Gasteiger charge is -2.12. The molecule has 188 valence electrons. The molecule has 37 heavy (non-hydrogen) atoms. The number of benzene rings is 3. The van der Waals surface area contributed by atoms with Crippen LogP contribution >= 0.6 is 0 Å². The number of carbonyl (C=O) groups is 3. The minimum Gasteiger partial charge on any atom is -0.497 e. The van der Waals surface area contributed by atoms with Crippen LogP contribution in [-0.4, -0.2) is 38.7 Å². The van der Waals surface area contributed by atoms with E-state index in [1.165, 1.54) is 38.5 Å². The van der Waals surface area contributed by atoms with Crippen molar-refractivity contribution in [2.75, 3.05) is 26.1 Å². The third-order valence-electron chi connectivity index (χ3n) is 5.05. The summed E-state index contributed by atoms with van der Waals surface area (Å²) in [5, 5.41) is 12.2. The van der Waals surface area contributed by atoms with Crippen molar-refractivity contribution in [3.8, 4) is 23.3 Å². The van der Waals surface area contributed by atoms with Gasteiger partial charge in [-0.1, -0.05) is 18.2 Å². The van der Waals surface area contributed by atoms with Gasteiger partial charge in [-0.05, 0) is 67.1 Å². The van der Waals surface area contributed by atoms with Gasteiger partial charge < -0.3 is 24.3 Å². The Hall–Kier alpha value is -5.10. The highest BCUT2D eigenvalue weighted by molar-refractivity contribution is 6.12. The summed E-state index contributed by atoms with van der Waals surface area (Å²) in [6, 6.07) is 19.2. The number of hydrogen-bond donors (Lipinski definition) is 1. The summed E-state index contributed by atoms with van der Waals surface area (Å²) in [5.74, 6) is -0.893. The highest BCUT2D eigenvalue weighted by Gasteiger charge is 2.17. The Kier molecular flexibility index (Phi) is 9.00. The number of hydrogen-bond acceptors (Lipinski definition) is 8. The van der Waals surface area contributed by atoms with Crippen LogP contribution in [0.3, 0.4) is 0 Å². The van der Waals surface area contributed by atoms with E-state index in [-0.39, 0.29) is 34.9 Å². The van der Waals surface area contributed by atoms with E-state index >= 15 is 0 Å². The normalized spacial score (nSPS) is 10.6. The van der Waals surface area contributed by atoms with E-state index in [2.05, 4.69) is 5.32 Å². The Morgan fingerprint density at radius 2 is 1.68 bits per heavy atom. The van der Waals surface area contributed by atoms with Gasteiger partial charge in [0.05, 0.1) is 37.6 Å². The largest absolute Gasteiger partial charge is 0.497 e. The smallest absolute Gasteiger partial charge is 0.343 e. The first-order valence-electron chi connectivity index (χ1n) is 11.1. The number of esters is 2. The van der Waals surface area contributed by atoms with Gasteiger partial charge in [0, 0.05) is 0 Å². The molecule has 0 bridgehead atoms. The van der Waals surface area contributed by atoms with E-state index in [9.17, 15) is 19.6 Å². The molecule has 9 nitrogen and oxygen atoms in total. The van der Waals surface area contributed by atoms with Crippen LogP contribution in [0.15, 0.2) is 72.3 Å². The molecule has 3 aromatic rings. The van der Waals surface area contributed by atoms with Crippen LogP contribution in [0, 0.1) is 11.3 Å². The number of rotatable bonds is 9. The molecule has 0 spiro atoms. The van der Waals surface area contributed by atoms with Crippen LogP contribution in [0.2, 0.25) is 0 Å². The predicted molar refractivity (Wildman–Crippen MR) is 136 cm³/mol. The van der Waals surface area contributed by atoms with Gasteiger partial charge in [-0.2, -0.15) is 5.26 Å². The fourth-order valence-electron chi connectivity index (χ4n) is 3.24. The van der Waals surface area contributed by atoms with Crippen molar-refractivity contribution < 1.29 is 33.3 Å². The molecule has 0 saturated heterocycles. The van der Waals surface area contributed by atoms with Crippen molar-refractivity contribution >= 4 is 29.6 Å². The van der Waals surface area contributed by atoms with Crippen LogP contribution in [0.25, 0.3) is 6.08 Å². The van der Waals surface area contributed by atoms with Crippen molar-refractivity contribution in [1.29, 1.82) is 5.26 Å². The Morgan fingerprint density at radius 3 is 2.32 bits per heavy atom. The standard InChI is InChI=1S/C28H24N2O7/c1-4-36-25-16-18(9-14-24(25)37-27(32)19-10-12-21(34-2)13-11-19)15-20(17-29)26(31)30-23-8-6-5-7-22(23)28(33)35-3/h5-16H,4H2,1-3H3,(H,30,31)/b20-15+. The molecule has 1 N–H and O–H groups in total. The Labute approximate surface area is 213 Å². The first-order chi connectivity index (χ1) is 17.9. The molecule has 3 aromatic carbocycles. The molecule has 0 unspecified atom stereocenters. The second kappa shape index (κ2) is 12.6. The number of anilines is 1. The van der Waals surface area contributed by atoms with Gasteiger partial charge in [0.15, 0.2) is 11.5 Å². The SMILES string of the molecule is CCOc1cc(/C=C(\C#N)C(=O)Nc2ccccc2C(=O)OC)ccc1OC(=O)c1ccc(OC)cc1. The van der Waals surface area contributed by atoms with Gasteiger partial charge in [0.2, 0.25) is 0 Å². The minimum absolute atomic E-state index is 0.150. The van der Waals surface area contributed by atoms with Crippen LogP contribution in [0.4, 0.5) is 5.69 Å². The highest BCUT2D eigenvalue weighted by Crippen LogP contribution is 2.30. The summed E-state index contributed by atoms with van der Waals surface area (Å²) < 4.78 is 20.9. The maximum Gasteiger partial charge on any atom is 0.343 e. The Morgan fingerprint density at radius 1 is 0.946 bits per heavy atom. The van der Waals surface area contributed by atoms with Crippen molar-refractivity contribution in [3.05, 3.63) is 89.0 Å². The number of ether oxygens (including phenoxy) is 4.